The van der Waals surface area contributed by atoms with Gasteiger partial charge < -0.3 is 9.30 Å². The average molecular weight is 335 g/mol. The Morgan fingerprint density at radius 2 is 1.76 bits per heavy atom. The molecule has 2 aromatic carbocycles. The summed E-state index contributed by atoms with van der Waals surface area (Å²) in [5.41, 5.74) is 3.83. The van der Waals surface area contributed by atoms with Gasteiger partial charge in [0.2, 0.25) is 0 Å². The summed E-state index contributed by atoms with van der Waals surface area (Å²) in [7, 11) is 1.83. The maximum absolute atomic E-state index is 12.8. The van der Waals surface area contributed by atoms with E-state index in [0.717, 1.165) is 53.1 Å². The van der Waals surface area contributed by atoms with E-state index in [1.807, 2.05) is 44.3 Å². The maximum atomic E-state index is 12.8. The average Bonchev–Trinajstić information content (AvgIpc) is 2.65. The number of esters is 1. The Kier molecular flexibility index (Phi) is 3.83. The van der Waals surface area contributed by atoms with E-state index in [0.29, 0.717) is 17.6 Å². The molecule has 1 heterocycles. The van der Waals surface area contributed by atoms with Gasteiger partial charge in [-0.2, -0.15) is 0 Å². The van der Waals surface area contributed by atoms with E-state index in [1.165, 1.54) is 0 Å². The molecule has 0 saturated heterocycles. The summed E-state index contributed by atoms with van der Waals surface area (Å²) in [5.74, 6) is -0.263. The van der Waals surface area contributed by atoms with Crippen LogP contribution >= 0.6 is 0 Å². The van der Waals surface area contributed by atoms with Gasteiger partial charge in [-0.05, 0) is 61.3 Å². The highest BCUT2D eigenvalue weighted by atomic mass is 16.5. The van der Waals surface area contributed by atoms with Crippen LogP contribution in [0.3, 0.4) is 0 Å². The lowest BCUT2D eigenvalue weighted by Crippen LogP contribution is -2.21. The quantitative estimate of drug-likeness (QED) is 0.529. The van der Waals surface area contributed by atoms with Crippen molar-refractivity contribution < 1.29 is 9.53 Å². The fourth-order valence-electron chi connectivity index (χ4n) is 4.09. The molecule has 1 aliphatic carbocycles. The third-order valence-corrected chi connectivity index (χ3v) is 5.21. The molecule has 1 aliphatic rings. The second-order valence-corrected chi connectivity index (χ2v) is 6.61. The van der Waals surface area contributed by atoms with Crippen LogP contribution in [0.5, 0.6) is 0 Å². The highest BCUT2D eigenvalue weighted by molar-refractivity contribution is 6.10. The number of nitrogens with zero attached hydrogens (tertiary/aromatic N) is 1. The highest BCUT2D eigenvalue weighted by Crippen LogP contribution is 2.34. The molecule has 0 fully saturated rings. The van der Waals surface area contributed by atoms with E-state index >= 15 is 0 Å². The molecule has 0 spiro atoms. The molecule has 0 atom stereocenters. The molecule has 0 amide bonds. The third kappa shape index (κ3) is 2.36. The van der Waals surface area contributed by atoms with Crippen molar-refractivity contribution in [3.8, 4) is 0 Å². The van der Waals surface area contributed by atoms with Gasteiger partial charge in [-0.3, -0.25) is 4.79 Å². The van der Waals surface area contributed by atoms with Crippen molar-refractivity contribution in [2.75, 3.05) is 6.61 Å². The Morgan fingerprint density at radius 1 is 1.08 bits per heavy atom. The molecular weight excluding hydrogens is 314 g/mol. The number of carbonyl (C=O) groups excluding carboxylic acids is 1. The number of pyridine rings is 1. The third-order valence-electron chi connectivity index (χ3n) is 5.21. The van der Waals surface area contributed by atoms with Crippen molar-refractivity contribution in [3.63, 3.8) is 0 Å². The van der Waals surface area contributed by atoms with Gasteiger partial charge in [-0.15, -0.1) is 0 Å². The van der Waals surface area contributed by atoms with Gasteiger partial charge in [0.1, 0.15) is 0 Å². The lowest BCUT2D eigenvalue weighted by atomic mass is 9.85. The fraction of sp³-hybridized carbons (Fsp3) is 0.333. The van der Waals surface area contributed by atoms with Gasteiger partial charge in [-0.1, -0.05) is 18.2 Å². The summed E-state index contributed by atoms with van der Waals surface area (Å²) in [4.78, 5) is 25.4. The van der Waals surface area contributed by atoms with Crippen molar-refractivity contribution >= 4 is 27.6 Å². The van der Waals surface area contributed by atoms with Crippen molar-refractivity contribution in [2.45, 2.75) is 32.6 Å². The zero-order valence-electron chi connectivity index (χ0n) is 14.6. The first kappa shape index (κ1) is 15.9. The highest BCUT2D eigenvalue weighted by Gasteiger charge is 2.24. The van der Waals surface area contributed by atoms with E-state index in [9.17, 15) is 9.59 Å². The number of fused-ring (bicyclic) bond motifs is 5. The van der Waals surface area contributed by atoms with Crippen LogP contribution in [0.25, 0.3) is 21.7 Å². The van der Waals surface area contributed by atoms with Crippen LogP contribution in [0, 0.1) is 0 Å². The number of aromatic nitrogens is 1. The summed E-state index contributed by atoms with van der Waals surface area (Å²) in [5, 5.41) is 2.55. The molecule has 4 nitrogen and oxygen atoms in total. The lowest BCUT2D eigenvalue weighted by Gasteiger charge is -2.23. The van der Waals surface area contributed by atoms with Crippen LogP contribution in [0.4, 0.5) is 0 Å². The number of rotatable bonds is 2. The van der Waals surface area contributed by atoms with Gasteiger partial charge >= 0.3 is 5.97 Å². The van der Waals surface area contributed by atoms with Gasteiger partial charge in [0, 0.05) is 17.8 Å². The molecule has 0 N–H and O–H groups in total. The molecular formula is C21H21NO3. The SMILES string of the molecule is CCOC(=O)c1cc2c3ccccc3c(=O)n(C)c2c2c1CCCC2. The number of benzene rings is 2. The van der Waals surface area contributed by atoms with Crippen LogP contribution < -0.4 is 5.56 Å². The Balaban J connectivity index is 2.19. The molecule has 25 heavy (non-hydrogen) atoms. The second kappa shape index (κ2) is 6.03. The summed E-state index contributed by atoms with van der Waals surface area (Å²) >= 11 is 0. The van der Waals surface area contributed by atoms with E-state index in [1.54, 1.807) is 4.57 Å². The number of ether oxygens (including phenoxy) is 1. The Morgan fingerprint density at radius 3 is 2.48 bits per heavy atom. The Labute approximate surface area is 146 Å². The molecule has 0 aliphatic heterocycles. The smallest absolute Gasteiger partial charge is 0.338 e. The van der Waals surface area contributed by atoms with E-state index < -0.39 is 0 Å². The summed E-state index contributed by atoms with van der Waals surface area (Å²) in [6, 6.07) is 9.55. The zero-order chi connectivity index (χ0) is 17.6. The van der Waals surface area contributed by atoms with Crippen molar-refractivity contribution in [3.05, 3.63) is 57.4 Å². The maximum Gasteiger partial charge on any atom is 0.338 e. The first-order chi connectivity index (χ1) is 12.1. The molecule has 1 aromatic heterocycles. The first-order valence-electron chi connectivity index (χ1n) is 8.86. The lowest BCUT2D eigenvalue weighted by molar-refractivity contribution is 0.0525. The van der Waals surface area contributed by atoms with E-state index in [-0.39, 0.29) is 11.5 Å². The van der Waals surface area contributed by atoms with Crippen LogP contribution in [0.2, 0.25) is 0 Å². The normalized spacial score (nSPS) is 13.8. The molecule has 0 radical (unpaired) electrons. The molecule has 4 rings (SSSR count). The Hall–Kier alpha value is -2.62. The predicted octanol–water partition coefficient (Wildman–Crippen LogP) is 3.75. The Bertz CT molecular complexity index is 1060. The van der Waals surface area contributed by atoms with Crippen molar-refractivity contribution in [2.24, 2.45) is 7.05 Å². The number of carbonyl (C=O) groups is 1. The number of hydrogen-bond donors (Lipinski definition) is 0. The topological polar surface area (TPSA) is 48.3 Å². The zero-order valence-corrected chi connectivity index (χ0v) is 14.6. The number of aryl methyl sites for hydroxylation is 2. The minimum absolute atomic E-state index is 0.0137. The molecule has 0 bridgehead atoms. The van der Waals surface area contributed by atoms with Gasteiger partial charge in [0.05, 0.1) is 17.7 Å². The van der Waals surface area contributed by atoms with Crippen molar-refractivity contribution in [1.29, 1.82) is 0 Å². The minimum Gasteiger partial charge on any atom is -0.462 e. The van der Waals surface area contributed by atoms with Crippen LogP contribution in [-0.4, -0.2) is 17.1 Å². The number of hydrogen-bond acceptors (Lipinski definition) is 3. The van der Waals surface area contributed by atoms with Gasteiger partial charge in [0.25, 0.3) is 5.56 Å². The van der Waals surface area contributed by atoms with E-state index in [2.05, 4.69) is 0 Å². The van der Waals surface area contributed by atoms with Crippen LogP contribution in [0.15, 0.2) is 35.1 Å². The summed E-state index contributed by atoms with van der Waals surface area (Å²) in [6.07, 6.45) is 3.90. The summed E-state index contributed by atoms with van der Waals surface area (Å²) in [6.45, 7) is 2.18. The van der Waals surface area contributed by atoms with E-state index in [4.69, 9.17) is 4.74 Å². The van der Waals surface area contributed by atoms with Gasteiger partial charge in [0.15, 0.2) is 0 Å². The minimum atomic E-state index is -0.263. The fourth-order valence-corrected chi connectivity index (χ4v) is 4.09. The first-order valence-corrected chi connectivity index (χ1v) is 8.86. The second-order valence-electron chi connectivity index (χ2n) is 6.61. The molecule has 0 unspecified atom stereocenters. The standard InChI is InChI=1S/C21H21NO3/c1-3-25-21(24)18-12-17-14-9-5-7-11-16(14)20(23)22(2)19(17)15-10-6-4-8-13(15)18/h5,7,9,11-12H,3-4,6,8,10H2,1-2H3. The molecule has 128 valence electrons. The van der Waals surface area contributed by atoms with Gasteiger partial charge in [-0.25, -0.2) is 4.79 Å². The monoisotopic (exact) mass is 335 g/mol. The molecule has 0 saturated carbocycles. The van der Waals surface area contributed by atoms with Crippen molar-refractivity contribution in [1.82, 2.24) is 4.57 Å². The molecule has 4 heteroatoms. The summed E-state index contributed by atoms with van der Waals surface area (Å²) < 4.78 is 7.05. The van der Waals surface area contributed by atoms with Crippen LogP contribution in [-0.2, 0) is 24.6 Å². The van der Waals surface area contributed by atoms with Crippen LogP contribution in [0.1, 0.15) is 41.3 Å². The molecule has 3 aromatic rings. The largest absolute Gasteiger partial charge is 0.462 e. The predicted molar refractivity (Wildman–Crippen MR) is 99.3 cm³/mol.